The molecule has 1 aliphatic heterocycles. The molecular formula is C20H20BrN3O5S. The predicted octanol–water partition coefficient (Wildman–Crippen LogP) is 2.36. The summed E-state index contributed by atoms with van der Waals surface area (Å²) in [5, 5.41) is 2.64. The van der Waals surface area contributed by atoms with Gasteiger partial charge in [0.05, 0.1) is 18.0 Å². The van der Waals surface area contributed by atoms with Crippen LogP contribution in [0.25, 0.3) is 0 Å². The number of imide groups is 1. The summed E-state index contributed by atoms with van der Waals surface area (Å²) in [6.45, 7) is -0.156. The van der Waals surface area contributed by atoms with Gasteiger partial charge in [0.15, 0.2) is 0 Å². The van der Waals surface area contributed by atoms with Crippen LogP contribution >= 0.6 is 15.9 Å². The SMILES string of the molecule is CN(CC(=O)Nc1ccc(CN2C(=O)CCC2=O)cc1)S(=O)(=O)c1ccc(Br)cc1. The number of nitrogens with zero attached hydrogens (tertiary/aromatic N) is 2. The number of hydrogen-bond donors (Lipinski definition) is 1. The van der Waals surface area contributed by atoms with Crippen molar-refractivity contribution in [2.45, 2.75) is 24.3 Å². The van der Waals surface area contributed by atoms with Gasteiger partial charge in [-0.15, -0.1) is 0 Å². The number of benzene rings is 2. The smallest absolute Gasteiger partial charge is 0.243 e. The van der Waals surface area contributed by atoms with Gasteiger partial charge in [0.25, 0.3) is 0 Å². The largest absolute Gasteiger partial charge is 0.325 e. The minimum absolute atomic E-state index is 0.0939. The first kappa shape index (κ1) is 22.1. The van der Waals surface area contributed by atoms with Gasteiger partial charge in [-0.2, -0.15) is 4.31 Å². The molecule has 0 aromatic heterocycles. The molecule has 158 valence electrons. The molecule has 0 radical (unpaired) electrons. The molecule has 0 bridgehead atoms. The average molecular weight is 494 g/mol. The third kappa shape index (κ3) is 5.13. The van der Waals surface area contributed by atoms with Gasteiger partial charge >= 0.3 is 0 Å². The molecule has 0 unspecified atom stereocenters. The Morgan fingerprint density at radius 2 is 1.60 bits per heavy atom. The Hall–Kier alpha value is -2.56. The van der Waals surface area contributed by atoms with Crippen LogP contribution in [-0.2, 0) is 31.0 Å². The third-order valence-corrected chi connectivity index (χ3v) is 6.97. The van der Waals surface area contributed by atoms with Gasteiger partial charge in [0.1, 0.15) is 0 Å². The fraction of sp³-hybridized carbons (Fsp3) is 0.250. The molecule has 2 aromatic rings. The van der Waals surface area contributed by atoms with Gasteiger partial charge in [-0.3, -0.25) is 19.3 Å². The second kappa shape index (κ2) is 9.07. The maximum absolute atomic E-state index is 12.6. The van der Waals surface area contributed by atoms with Crippen LogP contribution < -0.4 is 5.32 Å². The molecule has 30 heavy (non-hydrogen) atoms. The number of hydrogen-bond acceptors (Lipinski definition) is 5. The normalized spacial score (nSPS) is 14.4. The minimum atomic E-state index is -3.79. The Kier molecular flexibility index (Phi) is 6.69. The lowest BCUT2D eigenvalue weighted by Crippen LogP contribution is -2.35. The zero-order chi connectivity index (χ0) is 21.9. The van der Waals surface area contributed by atoms with Crippen molar-refractivity contribution in [3.63, 3.8) is 0 Å². The fourth-order valence-electron chi connectivity index (χ4n) is 2.95. The van der Waals surface area contributed by atoms with E-state index < -0.39 is 15.9 Å². The lowest BCUT2D eigenvalue weighted by Gasteiger charge is -2.17. The topological polar surface area (TPSA) is 104 Å². The Labute approximate surface area is 183 Å². The van der Waals surface area contributed by atoms with Crippen LogP contribution in [0.2, 0.25) is 0 Å². The summed E-state index contributed by atoms with van der Waals surface area (Å²) >= 11 is 3.25. The maximum atomic E-state index is 12.6. The summed E-state index contributed by atoms with van der Waals surface area (Å²) in [6.07, 6.45) is 0.479. The monoisotopic (exact) mass is 493 g/mol. The van der Waals surface area contributed by atoms with E-state index in [-0.39, 0.29) is 42.6 Å². The second-order valence-electron chi connectivity index (χ2n) is 6.83. The van der Waals surface area contributed by atoms with E-state index in [4.69, 9.17) is 0 Å². The number of amides is 3. The first-order valence-corrected chi connectivity index (χ1v) is 11.3. The second-order valence-corrected chi connectivity index (χ2v) is 9.79. The van der Waals surface area contributed by atoms with Crippen LogP contribution in [0.3, 0.4) is 0 Å². The summed E-state index contributed by atoms with van der Waals surface area (Å²) in [6, 6.07) is 12.8. The summed E-state index contributed by atoms with van der Waals surface area (Å²) < 4.78 is 26.9. The Balaban J connectivity index is 1.58. The van der Waals surface area contributed by atoms with E-state index in [0.717, 1.165) is 14.3 Å². The van der Waals surface area contributed by atoms with E-state index >= 15 is 0 Å². The van der Waals surface area contributed by atoms with Crippen LogP contribution in [0, 0.1) is 0 Å². The number of halogens is 1. The molecule has 8 nitrogen and oxygen atoms in total. The summed E-state index contributed by atoms with van der Waals surface area (Å²) in [7, 11) is -2.45. The van der Waals surface area contributed by atoms with E-state index in [1.807, 2.05) is 0 Å². The van der Waals surface area contributed by atoms with Crippen molar-refractivity contribution in [2.24, 2.45) is 0 Å². The van der Waals surface area contributed by atoms with E-state index in [0.29, 0.717) is 5.69 Å². The molecule has 3 rings (SSSR count). The molecular weight excluding hydrogens is 474 g/mol. The van der Waals surface area contributed by atoms with Crippen molar-refractivity contribution in [2.75, 3.05) is 18.9 Å². The first-order valence-electron chi connectivity index (χ1n) is 9.11. The number of likely N-dealkylation sites (N-methyl/N-ethyl adjacent to an activating group) is 1. The summed E-state index contributed by atoms with van der Waals surface area (Å²) in [4.78, 5) is 37.0. The Bertz CT molecular complexity index is 1050. The van der Waals surface area contributed by atoms with Crippen LogP contribution in [0.5, 0.6) is 0 Å². The van der Waals surface area contributed by atoms with Crippen molar-refractivity contribution in [1.82, 2.24) is 9.21 Å². The number of carbonyl (C=O) groups is 3. The van der Waals surface area contributed by atoms with Gasteiger partial charge in [-0.25, -0.2) is 8.42 Å². The first-order chi connectivity index (χ1) is 14.2. The Morgan fingerprint density at radius 3 is 2.17 bits per heavy atom. The fourth-order valence-corrected chi connectivity index (χ4v) is 4.34. The molecule has 0 aliphatic carbocycles. The van der Waals surface area contributed by atoms with Crippen molar-refractivity contribution in [3.05, 3.63) is 58.6 Å². The molecule has 0 spiro atoms. The van der Waals surface area contributed by atoms with Crippen molar-refractivity contribution in [1.29, 1.82) is 0 Å². The quantitative estimate of drug-likeness (QED) is 0.596. The average Bonchev–Trinajstić information content (AvgIpc) is 3.01. The lowest BCUT2D eigenvalue weighted by atomic mass is 10.2. The van der Waals surface area contributed by atoms with E-state index in [1.165, 1.54) is 24.1 Å². The molecule has 0 atom stereocenters. The highest BCUT2D eigenvalue weighted by Gasteiger charge is 2.28. The Morgan fingerprint density at radius 1 is 1.03 bits per heavy atom. The zero-order valence-electron chi connectivity index (χ0n) is 16.2. The zero-order valence-corrected chi connectivity index (χ0v) is 18.6. The molecule has 3 amide bonds. The van der Waals surface area contributed by atoms with Gasteiger partial charge in [0.2, 0.25) is 27.7 Å². The highest BCUT2D eigenvalue weighted by molar-refractivity contribution is 9.10. The summed E-state index contributed by atoms with van der Waals surface area (Å²) in [5.74, 6) is -0.865. The van der Waals surface area contributed by atoms with Crippen molar-refractivity contribution in [3.8, 4) is 0 Å². The summed E-state index contributed by atoms with van der Waals surface area (Å²) in [5.41, 5.74) is 1.24. The molecule has 10 heteroatoms. The predicted molar refractivity (Wildman–Crippen MR) is 114 cm³/mol. The third-order valence-electron chi connectivity index (χ3n) is 4.62. The highest BCUT2D eigenvalue weighted by atomic mass is 79.9. The number of likely N-dealkylation sites (tertiary alicyclic amines) is 1. The van der Waals surface area contributed by atoms with E-state index in [2.05, 4.69) is 21.2 Å². The van der Waals surface area contributed by atoms with Crippen LogP contribution in [-0.4, -0.2) is 48.9 Å². The highest BCUT2D eigenvalue weighted by Crippen LogP contribution is 2.19. The number of sulfonamides is 1. The van der Waals surface area contributed by atoms with E-state index in [1.54, 1.807) is 36.4 Å². The van der Waals surface area contributed by atoms with Crippen molar-refractivity contribution >= 4 is 49.4 Å². The van der Waals surface area contributed by atoms with Gasteiger partial charge in [-0.05, 0) is 42.0 Å². The number of carbonyl (C=O) groups excluding carboxylic acids is 3. The molecule has 2 aromatic carbocycles. The van der Waals surface area contributed by atoms with Gasteiger partial charge in [0, 0.05) is 30.0 Å². The van der Waals surface area contributed by atoms with Crippen LogP contribution in [0.4, 0.5) is 5.69 Å². The van der Waals surface area contributed by atoms with Crippen molar-refractivity contribution < 1.29 is 22.8 Å². The molecule has 1 saturated heterocycles. The number of nitrogens with one attached hydrogen (secondary N) is 1. The van der Waals surface area contributed by atoms with Crippen LogP contribution in [0.1, 0.15) is 18.4 Å². The molecule has 1 fully saturated rings. The lowest BCUT2D eigenvalue weighted by molar-refractivity contribution is -0.139. The number of anilines is 1. The van der Waals surface area contributed by atoms with E-state index in [9.17, 15) is 22.8 Å². The minimum Gasteiger partial charge on any atom is -0.325 e. The molecule has 1 heterocycles. The standard InChI is InChI=1S/C20H20BrN3O5S/c1-23(30(28,29)17-8-4-15(21)5-9-17)13-18(25)22-16-6-2-14(3-7-16)12-24-19(26)10-11-20(24)27/h2-9H,10-13H2,1H3,(H,22,25). The molecule has 1 N–H and O–H groups in total. The van der Waals surface area contributed by atoms with Crippen LogP contribution in [0.15, 0.2) is 57.9 Å². The van der Waals surface area contributed by atoms with Gasteiger partial charge < -0.3 is 5.32 Å². The maximum Gasteiger partial charge on any atom is 0.243 e. The molecule has 0 saturated carbocycles. The molecule has 1 aliphatic rings. The number of rotatable bonds is 7. The van der Waals surface area contributed by atoms with Gasteiger partial charge in [-0.1, -0.05) is 28.1 Å².